The van der Waals surface area contributed by atoms with Gasteiger partial charge in [0, 0.05) is 54.5 Å². The number of hydrogen-bond acceptors (Lipinski definition) is 6. The first-order chi connectivity index (χ1) is 16.2. The highest BCUT2D eigenvalue weighted by Crippen LogP contribution is 2.39. The molecule has 2 aromatic carbocycles. The Morgan fingerprint density at radius 1 is 1.18 bits per heavy atom. The van der Waals surface area contributed by atoms with Crippen LogP contribution in [0.15, 0.2) is 36.7 Å². The summed E-state index contributed by atoms with van der Waals surface area (Å²) in [7, 11) is 1.62. The molecule has 0 bridgehead atoms. The first kappa shape index (κ1) is 22.6. The largest absolute Gasteiger partial charge is 0.465 e. The van der Waals surface area contributed by atoms with Crippen LogP contribution in [0, 0.1) is 13.8 Å². The summed E-state index contributed by atoms with van der Waals surface area (Å²) in [6.45, 7) is 9.46. The molecule has 0 saturated carbocycles. The molecular formula is C27H30N2O5. The molecule has 4 aromatic rings. The average Bonchev–Trinajstić information content (AvgIpc) is 3.19. The molecule has 0 amide bonds. The van der Waals surface area contributed by atoms with E-state index in [1.165, 1.54) is 28.8 Å². The van der Waals surface area contributed by atoms with Crippen molar-refractivity contribution in [3.8, 4) is 5.75 Å². The zero-order valence-electron chi connectivity index (χ0n) is 20.4. The number of H-pyrrole nitrogens is 1. The SMILES string of the molecule is CO[C@]1(C)C[C@H](Oc2ccc3[nH]c4c(C)c5ccncc5c(C)c4c3c2)O[C@@H](C)[C@@H]1OC(C)=O. The molecule has 1 aliphatic rings. The topological polar surface area (TPSA) is 82.7 Å². The third-order valence-corrected chi connectivity index (χ3v) is 7.14. The summed E-state index contributed by atoms with van der Waals surface area (Å²) in [5.74, 6) is 0.347. The van der Waals surface area contributed by atoms with E-state index < -0.39 is 18.0 Å². The molecule has 1 aliphatic heterocycles. The minimum atomic E-state index is -0.724. The molecule has 0 aliphatic carbocycles. The molecule has 1 N–H and O–H groups in total. The lowest BCUT2D eigenvalue weighted by Crippen LogP contribution is -2.58. The van der Waals surface area contributed by atoms with Gasteiger partial charge in [0.05, 0.1) is 11.6 Å². The molecule has 1 saturated heterocycles. The van der Waals surface area contributed by atoms with E-state index in [0.717, 1.165) is 21.8 Å². The van der Waals surface area contributed by atoms with Gasteiger partial charge in [0.15, 0.2) is 6.10 Å². The summed E-state index contributed by atoms with van der Waals surface area (Å²) in [4.78, 5) is 19.5. The molecule has 0 unspecified atom stereocenters. The van der Waals surface area contributed by atoms with Gasteiger partial charge < -0.3 is 23.9 Å². The number of pyridine rings is 1. The Bertz CT molecular complexity index is 1410. The summed E-state index contributed by atoms with van der Waals surface area (Å²) in [5.41, 5.74) is 3.84. The fraction of sp³-hybridized carbons (Fsp3) is 0.407. The number of nitrogens with zero attached hydrogens (tertiary/aromatic N) is 1. The number of nitrogens with one attached hydrogen (secondary N) is 1. The van der Waals surface area contributed by atoms with Crippen molar-refractivity contribution in [2.45, 2.75) is 65.1 Å². The Hall–Kier alpha value is -3.16. The molecule has 0 radical (unpaired) electrons. The highest BCUT2D eigenvalue weighted by molar-refractivity contribution is 6.16. The number of ether oxygens (including phenoxy) is 4. The average molecular weight is 463 g/mol. The van der Waals surface area contributed by atoms with Crippen LogP contribution in [0.25, 0.3) is 32.6 Å². The Morgan fingerprint density at radius 3 is 2.71 bits per heavy atom. The third kappa shape index (κ3) is 3.60. The van der Waals surface area contributed by atoms with E-state index in [9.17, 15) is 4.79 Å². The molecule has 1 fully saturated rings. The number of fused-ring (bicyclic) bond motifs is 4. The van der Waals surface area contributed by atoms with Crippen LogP contribution in [-0.2, 0) is 19.0 Å². The maximum Gasteiger partial charge on any atom is 0.303 e. The van der Waals surface area contributed by atoms with Gasteiger partial charge in [-0.3, -0.25) is 9.78 Å². The second kappa shape index (κ2) is 8.25. The number of benzene rings is 2. The Kier molecular flexibility index (Phi) is 5.49. The van der Waals surface area contributed by atoms with Crippen molar-refractivity contribution in [1.29, 1.82) is 0 Å². The number of aromatic amines is 1. The second-order valence-electron chi connectivity index (χ2n) is 9.39. The van der Waals surface area contributed by atoms with Gasteiger partial charge >= 0.3 is 5.97 Å². The number of rotatable bonds is 4. The lowest BCUT2D eigenvalue weighted by atomic mass is 9.88. The predicted molar refractivity (Wildman–Crippen MR) is 131 cm³/mol. The highest BCUT2D eigenvalue weighted by atomic mass is 16.7. The molecule has 34 heavy (non-hydrogen) atoms. The molecule has 2 aromatic heterocycles. The molecule has 4 atom stereocenters. The van der Waals surface area contributed by atoms with Gasteiger partial charge in [0.1, 0.15) is 11.4 Å². The van der Waals surface area contributed by atoms with Crippen LogP contribution in [0.2, 0.25) is 0 Å². The first-order valence-corrected chi connectivity index (χ1v) is 11.5. The van der Waals surface area contributed by atoms with E-state index in [1.54, 1.807) is 7.11 Å². The van der Waals surface area contributed by atoms with Crippen LogP contribution in [0.3, 0.4) is 0 Å². The minimum absolute atomic E-state index is 0.360. The number of aryl methyl sites for hydroxylation is 2. The van der Waals surface area contributed by atoms with Crippen LogP contribution >= 0.6 is 0 Å². The molecule has 7 nitrogen and oxygen atoms in total. The fourth-order valence-electron chi connectivity index (χ4n) is 5.33. The van der Waals surface area contributed by atoms with Crippen molar-refractivity contribution in [3.63, 3.8) is 0 Å². The zero-order valence-corrected chi connectivity index (χ0v) is 20.4. The number of aromatic nitrogens is 2. The van der Waals surface area contributed by atoms with Gasteiger partial charge in [-0.2, -0.15) is 0 Å². The third-order valence-electron chi connectivity index (χ3n) is 7.14. The predicted octanol–water partition coefficient (Wildman–Crippen LogP) is 5.34. The number of carbonyl (C=O) groups is 1. The maximum atomic E-state index is 11.6. The van der Waals surface area contributed by atoms with Crippen molar-refractivity contribution in [1.82, 2.24) is 9.97 Å². The van der Waals surface area contributed by atoms with Crippen LogP contribution in [0.4, 0.5) is 0 Å². The van der Waals surface area contributed by atoms with Gasteiger partial charge in [0.2, 0.25) is 6.29 Å². The fourth-order valence-corrected chi connectivity index (χ4v) is 5.33. The monoisotopic (exact) mass is 462 g/mol. The molecule has 7 heteroatoms. The quantitative estimate of drug-likeness (QED) is 0.413. The highest BCUT2D eigenvalue weighted by Gasteiger charge is 2.48. The molecule has 3 heterocycles. The van der Waals surface area contributed by atoms with Crippen molar-refractivity contribution in [2.24, 2.45) is 0 Å². The van der Waals surface area contributed by atoms with Gasteiger partial charge in [0.25, 0.3) is 0 Å². The minimum Gasteiger partial charge on any atom is -0.465 e. The van der Waals surface area contributed by atoms with Crippen LogP contribution in [0.5, 0.6) is 5.75 Å². The van der Waals surface area contributed by atoms with E-state index in [0.29, 0.717) is 12.2 Å². The van der Waals surface area contributed by atoms with E-state index in [1.807, 2.05) is 38.4 Å². The van der Waals surface area contributed by atoms with Crippen LogP contribution < -0.4 is 4.74 Å². The number of carbonyl (C=O) groups excluding carboxylic acids is 1. The number of esters is 1. The summed E-state index contributed by atoms with van der Waals surface area (Å²) < 4.78 is 23.7. The Morgan fingerprint density at radius 2 is 1.97 bits per heavy atom. The van der Waals surface area contributed by atoms with Gasteiger partial charge in [-0.1, -0.05) is 0 Å². The van der Waals surface area contributed by atoms with Gasteiger partial charge in [-0.25, -0.2) is 0 Å². The van der Waals surface area contributed by atoms with E-state index in [4.69, 9.17) is 18.9 Å². The van der Waals surface area contributed by atoms with Crippen LogP contribution in [0.1, 0.15) is 38.3 Å². The summed E-state index contributed by atoms with van der Waals surface area (Å²) in [6.07, 6.45) is 2.75. The standard InChI is InChI=1S/C27H30N2O5/c1-14-21-13-28-10-9-19(21)15(2)25-24(14)20-11-18(7-8-22(20)29-25)34-23-12-27(5,31-6)26(16(3)32-23)33-17(4)30/h7-11,13,16,23,26,29H,12H2,1-6H3/t16-,23-,26-,27+/m0/s1. The molecule has 5 rings (SSSR count). The smallest absolute Gasteiger partial charge is 0.303 e. The van der Waals surface area contributed by atoms with E-state index >= 15 is 0 Å². The Labute approximate surface area is 198 Å². The summed E-state index contributed by atoms with van der Waals surface area (Å²) in [6, 6.07) is 8.10. The van der Waals surface area contributed by atoms with Crippen molar-refractivity contribution >= 4 is 38.5 Å². The van der Waals surface area contributed by atoms with Gasteiger partial charge in [-0.15, -0.1) is 0 Å². The first-order valence-electron chi connectivity index (χ1n) is 11.5. The number of hydrogen-bond donors (Lipinski definition) is 1. The van der Waals surface area contributed by atoms with E-state index in [-0.39, 0.29) is 12.1 Å². The van der Waals surface area contributed by atoms with Gasteiger partial charge in [-0.05, 0) is 68.5 Å². The second-order valence-corrected chi connectivity index (χ2v) is 9.39. The number of methoxy groups -OCH3 is 1. The molecule has 178 valence electrons. The maximum absolute atomic E-state index is 11.6. The summed E-state index contributed by atoms with van der Waals surface area (Å²) >= 11 is 0. The Balaban J connectivity index is 1.52. The lowest BCUT2D eigenvalue weighted by Gasteiger charge is -2.45. The van der Waals surface area contributed by atoms with Crippen molar-refractivity contribution < 1.29 is 23.7 Å². The lowest BCUT2D eigenvalue weighted by molar-refractivity contribution is -0.262. The summed E-state index contributed by atoms with van der Waals surface area (Å²) in [5, 5.41) is 4.62. The zero-order chi connectivity index (χ0) is 24.2. The van der Waals surface area contributed by atoms with Crippen molar-refractivity contribution in [3.05, 3.63) is 47.8 Å². The van der Waals surface area contributed by atoms with Crippen LogP contribution in [-0.4, -0.2) is 47.1 Å². The van der Waals surface area contributed by atoms with Crippen molar-refractivity contribution in [2.75, 3.05) is 7.11 Å². The normalized spacial score (nSPS) is 25.2. The van der Waals surface area contributed by atoms with E-state index in [2.05, 4.69) is 35.9 Å². The molecular weight excluding hydrogens is 432 g/mol. The molecule has 0 spiro atoms.